The molecule has 5 nitrogen and oxygen atoms in total. The predicted octanol–water partition coefficient (Wildman–Crippen LogP) is 5.34. The number of amides is 1. The number of carbonyl (C=O) groups is 1. The monoisotopic (exact) mass is 449 g/mol. The highest BCUT2D eigenvalue weighted by molar-refractivity contribution is 6.30. The number of benzene rings is 3. The largest absolute Gasteiger partial charge is 0.497 e. The lowest BCUT2D eigenvalue weighted by Gasteiger charge is -2.25. The Morgan fingerprint density at radius 1 is 1.03 bits per heavy atom. The molecule has 7 heteroatoms. The molecule has 160 valence electrons. The van der Waals surface area contributed by atoms with Crippen LogP contribution in [0.1, 0.15) is 33.3 Å². The molecule has 1 aliphatic heterocycles. The molecule has 1 aliphatic rings. The molecule has 0 saturated heterocycles. The molecule has 0 bridgehead atoms. The van der Waals surface area contributed by atoms with E-state index in [4.69, 9.17) is 20.8 Å². The Hall–Kier alpha value is -3.64. The molecule has 1 unspecified atom stereocenters. The molecule has 0 aliphatic carbocycles. The number of ether oxygens (including phenoxy) is 1. The highest BCUT2D eigenvalue weighted by atomic mass is 35.5. The lowest BCUT2D eigenvalue weighted by atomic mass is 9.98. The van der Waals surface area contributed by atoms with Crippen molar-refractivity contribution in [2.45, 2.75) is 12.6 Å². The first-order chi connectivity index (χ1) is 15.5. The fraction of sp³-hybridized carbons (Fsp3) is 0.120. The maximum absolute atomic E-state index is 13.9. The molecule has 32 heavy (non-hydrogen) atoms. The number of nitrogens with zero attached hydrogens (tertiary/aromatic N) is 1. The van der Waals surface area contributed by atoms with Gasteiger partial charge in [-0.3, -0.25) is 9.59 Å². The fourth-order valence-corrected chi connectivity index (χ4v) is 4.20. The van der Waals surface area contributed by atoms with E-state index in [-0.39, 0.29) is 28.8 Å². The quantitative estimate of drug-likeness (QED) is 0.422. The third kappa shape index (κ3) is 3.33. The Bertz CT molecular complexity index is 1400. The number of rotatable bonds is 4. The van der Waals surface area contributed by atoms with Crippen LogP contribution in [0.25, 0.3) is 11.0 Å². The summed E-state index contributed by atoms with van der Waals surface area (Å²) in [7, 11) is 1.58. The zero-order valence-electron chi connectivity index (χ0n) is 17.0. The molecule has 1 atom stereocenters. The van der Waals surface area contributed by atoms with Crippen LogP contribution in [0.2, 0.25) is 5.02 Å². The van der Waals surface area contributed by atoms with Crippen molar-refractivity contribution in [1.29, 1.82) is 0 Å². The molecule has 1 amide bonds. The normalized spacial score (nSPS) is 15.3. The van der Waals surface area contributed by atoms with Crippen molar-refractivity contribution in [3.8, 4) is 5.75 Å². The third-order valence-electron chi connectivity index (χ3n) is 5.63. The standard InChI is InChI=1S/C25H17ClFNO4/c1-31-18-9-2-14(3-10-18)13-28-22(15-4-6-16(26)7-5-15)21-23(29)19-12-17(27)8-11-20(19)32-24(21)25(28)30/h2-12,22H,13H2,1H3. The Morgan fingerprint density at radius 2 is 1.75 bits per heavy atom. The molecule has 5 rings (SSSR count). The summed E-state index contributed by atoms with van der Waals surface area (Å²) in [5, 5.41) is 0.634. The van der Waals surface area contributed by atoms with Crippen LogP contribution < -0.4 is 10.2 Å². The van der Waals surface area contributed by atoms with Crippen LogP contribution in [0.3, 0.4) is 0 Å². The van der Waals surface area contributed by atoms with Gasteiger partial charge in [-0.2, -0.15) is 0 Å². The van der Waals surface area contributed by atoms with Crippen LogP contribution in [0, 0.1) is 5.82 Å². The van der Waals surface area contributed by atoms with Crippen LogP contribution in [0.4, 0.5) is 4.39 Å². The van der Waals surface area contributed by atoms with E-state index in [1.807, 2.05) is 12.1 Å². The summed E-state index contributed by atoms with van der Waals surface area (Å²) < 4.78 is 24.9. The summed E-state index contributed by atoms with van der Waals surface area (Å²) >= 11 is 6.05. The summed E-state index contributed by atoms with van der Waals surface area (Å²) in [6, 6.07) is 17.3. The first kappa shape index (κ1) is 20.3. The van der Waals surface area contributed by atoms with Gasteiger partial charge in [-0.05, 0) is 53.6 Å². The maximum atomic E-state index is 13.9. The van der Waals surface area contributed by atoms with Gasteiger partial charge < -0.3 is 14.1 Å². The molecule has 0 saturated carbocycles. The fourth-order valence-electron chi connectivity index (χ4n) is 4.07. The number of methoxy groups -OCH3 is 1. The van der Waals surface area contributed by atoms with Gasteiger partial charge in [0.05, 0.1) is 24.1 Å². The molecule has 0 radical (unpaired) electrons. The van der Waals surface area contributed by atoms with Gasteiger partial charge >= 0.3 is 0 Å². The smallest absolute Gasteiger partial charge is 0.291 e. The Labute approximate surface area is 187 Å². The van der Waals surface area contributed by atoms with Crippen molar-refractivity contribution in [3.05, 3.63) is 110 Å². The summed E-state index contributed by atoms with van der Waals surface area (Å²) in [4.78, 5) is 28.4. The predicted molar refractivity (Wildman–Crippen MR) is 119 cm³/mol. The first-order valence-electron chi connectivity index (χ1n) is 9.92. The van der Waals surface area contributed by atoms with Crippen LogP contribution >= 0.6 is 11.6 Å². The third-order valence-corrected chi connectivity index (χ3v) is 5.88. The number of carbonyl (C=O) groups excluding carboxylic acids is 1. The van der Waals surface area contributed by atoms with Gasteiger partial charge in [0.2, 0.25) is 5.76 Å². The summed E-state index contributed by atoms with van der Waals surface area (Å²) in [5.41, 5.74) is 1.51. The maximum Gasteiger partial charge on any atom is 0.291 e. The molecular weight excluding hydrogens is 433 g/mol. The Balaban J connectivity index is 1.68. The van der Waals surface area contributed by atoms with Crippen molar-refractivity contribution in [3.63, 3.8) is 0 Å². The molecule has 0 fully saturated rings. The van der Waals surface area contributed by atoms with E-state index in [0.717, 1.165) is 11.6 Å². The lowest BCUT2D eigenvalue weighted by Crippen LogP contribution is -2.29. The van der Waals surface area contributed by atoms with Crippen molar-refractivity contribution in [2.24, 2.45) is 0 Å². The second-order valence-electron chi connectivity index (χ2n) is 7.55. The van der Waals surface area contributed by atoms with E-state index in [2.05, 4.69) is 0 Å². The Morgan fingerprint density at radius 3 is 2.44 bits per heavy atom. The Kier molecular flexibility index (Phi) is 4.94. The summed E-state index contributed by atoms with van der Waals surface area (Å²) in [6.07, 6.45) is 0. The van der Waals surface area contributed by atoms with Gasteiger partial charge in [0.25, 0.3) is 5.91 Å². The summed E-state index contributed by atoms with van der Waals surface area (Å²) in [6.45, 7) is 0.241. The molecule has 1 aromatic heterocycles. The molecule has 0 spiro atoms. The molecule has 3 aromatic carbocycles. The van der Waals surface area contributed by atoms with Crippen molar-refractivity contribution < 1.29 is 18.3 Å². The van der Waals surface area contributed by atoms with Gasteiger partial charge in [0, 0.05) is 11.6 Å². The van der Waals surface area contributed by atoms with Crippen molar-refractivity contribution in [1.82, 2.24) is 4.90 Å². The van der Waals surface area contributed by atoms with Gasteiger partial charge in [-0.1, -0.05) is 35.9 Å². The average molecular weight is 450 g/mol. The number of hydrogen-bond donors (Lipinski definition) is 0. The first-order valence-corrected chi connectivity index (χ1v) is 10.3. The SMILES string of the molecule is COc1ccc(CN2C(=O)c3oc4ccc(F)cc4c(=O)c3C2c2ccc(Cl)cc2)cc1. The highest BCUT2D eigenvalue weighted by Gasteiger charge is 2.42. The van der Waals surface area contributed by atoms with E-state index in [0.29, 0.717) is 16.3 Å². The summed E-state index contributed by atoms with van der Waals surface area (Å²) in [5.74, 6) is -0.280. The van der Waals surface area contributed by atoms with Crippen LogP contribution in [-0.2, 0) is 6.54 Å². The van der Waals surface area contributed by atoms with Crippen LogP contribution in [-0.4, -0.2) is 17.9 Å². The minimum atomic E-state index is -0.694. The highest BCUT2D eigenvalue weighted by Crippen LogP contribution is 2.39. The number of halogens is 2. The number of hydrogen-bond acceptors (Lipinski definition) is 4. The zero-order valence-corrected chi connectivity index (χ0v) is 17.7. The van der Waals surface area contributed by atoms with E-state index in [1.54, 1.807) is 48.4 Å². The average Bonchev–Trinajstić information content (AvgIpc) is 3.07. The number of fused-ring (bicyclic) bond motifs is 2. The van der Waals surface area contributed by atoms with E-state index < -0.39 is 23.2 Å². The molecule has 0 N–H and O–H groups in total. The van der Waals surface area contributed by atoms with Crippen molar-refractivity contribution >= 4 is 28.5 Å². The second kappa shape index (κ2) is 7.80. The minimum absolute atomic E-state index is 0.0254. The van der Waals surface area contributed by atoms with Gasteiger partial charge in [0.15, 0.2) is 5.43 Å². The van der Waals surface area contributed by atoms with E-state index in [9.17, 15) is 14.0 Å². The van der Waals surface area contributed by atoms with E-state index >= 15 is 0 Å². The topological polar surface area (TPSA) is 59.8 Å². The minimum Gasteiger partial charge on any atom is -0.497 e. The van der Waals surface area contributed by atoms with Crippen molar-refractivity contribution in [2.75, 3.05) is 7.11 Å². The van der Waals surface area contributed by atoms with Gasteiger partial charge in [-0.25, -0.2) is 4.39 Å². The molecular formula is C25H17ClFNO4. The molecule has 4 aromatic rings. The van der Waals surface area contributed by atoms with E-state index in [1.165, 1.54) is 12.1 Å². The van der Waals surface area contributed by atoms with Crippen LogP contribution in [0.5, 0.6) is 5.75 Å². The lowest BCUT2D eigenvalue weighted by molar-refractivity contribution is 0.0714. The zero-order chi connectivity index (χ0) is 22.4. The van der Waals surface area contributed by atoms with Gasteiger partial charge in [0.1, 0.15) is 17.1 Å². The second-order valence-corrected chi connectivity index (χ2v) is 7.99. The molecule has 2 heterocycles. The van der Waals surface area contributed by atoms with Crippen LogP contribution in [0.15, 0.2) is 75.9 Å². The van der Waals surface area contributed by atoms with Gasteiger partial charge in [-0.15, -0.1) is 0 Å².